The average Bonchev–Trinajstić information content (AvgIpc) is 2.80. The zero-order valence-electron chi connectivity index (χ0n) is 14.7. The maximum Gasteiger partial charge on any atom is 0.191 e. The van der Waals surface area contributed by atoms with E-state index in [1.807, 2.05) is 26.0 Å². The zero-order valence-corrected chi connectivity index (χ0v) is 15.7. The van der Waals surface area contributed by atoms with Crippen molar-refractivity contribution in [2.24, 2.45) is 5.92 Å². The predicted octanol–water partition coefficient (Wildman–Crippen LogP) is 4.92. The molecule has 122 valence electrons. The molecular formula is C17H32O3Si. The van der Waals surface area contributed by atoms with E-state index in [4.69, 9.17) is 8.84 Å². The van der Waals surface area contributed by atoms with E-state index in [-0.39, 0.29) is 11.0 Å². The minimum absolute atomic E-state index is 0.172. The predicted molar refractivity (Wildman–Crippen MR) is 90.0 cm³/mol. The fraction of sp³-hybridized carbons (Fsp3) is 0.765. The van der Waals surface area contributed by atoms with Gasteiger partial charge in [0.05, 0.1) is 0 Å². The Hall–Kier alpha value is -0.583. The molecule has 0 fully saturated rings. The van der Waals surface area contributed by atoms with Crippen LogP contribution in [-0.4, -0.2) is 20.0 Å². The second-order valence-electron chi connectivity index (χ2n) is 7.71. The second kappa shape index (κ2) is 7.12. The quantitative estimate of drug-likeness (QED) is 0.574. The van der Waals surface area contributed by atoms with Crippen LogP contribution in [-0.2, 0) is 10.8 Å². The fourth-order valence-corrected chi connectivity index (χ4v) is 2.89. The highest BCUT2D eigenvalue weighted by atomic mass is 28.4. The molecule has 0 radical (unpaired) electrons. The molecule has 3 nitrogen and oxygen atoms in total. The van der Waals surface area contributed by atoms with E-state index in [1.165, 1.54) is 0 Å². The summed E-state index contributed by atoms with van der Waals surface area (Å²) in [5, 5.41) is 10.2. The molecular weight excluding hydrogens is 280 g/mol. The molecule has 1 unspecified atom stereocenters. The minimum atomic E-state index is -1.64. The number of aliphatic hydroxyl groups excluding tert-OH is 1. The van der Waals surface area contributed by atoms with Crippen LogP contribution in [0.3, 0.4) is 0 Å². The summed E-state index contributed by atoms with van der Waals surface area (Å²) >= 11 is 0. The molecule has 0 aliphatic carbocycles. The number of rotatable bonds is 7. The van der Waals surface area contributed by atoms with Crippen LogP contribution in [0.4, 0.5) is 0 Å². The van der Waals surface area contributed by atoms with E-state index in [9.17, 15) is 5.11 Å². The summed E-state index contributed by atoms with van der Waals surface area (Å²) in [4.78, 5) is 0. The zero-order chi connectivity index (χ0) is 16.3. The molecule has 0 amide bonds. The highest BCUT2D eigenvalue weighted by Crippen LogP contribution is 2.36. The normalized spacial score (nSPS) is 14.7. The monoisotopic (exact) mass is 312 g/mol. The van der Waals surface area contributed by atoms with E-state index in [0.29, 0.717) is 5.76 Å². The Kier molecular flexibility index (Phi) is 6.26. The summed E-state index contributed by atoms with van der Waals surface area (Å²) in [6, 6.07) is 3.85. The summed E-state index contributed by atoms with van der Waals surface area (Å²) in [5.41, 5.74) is 0. The number of hydrogen-bond acceptors (Lipinski definition) is 3. The van der Waals surface area contributed by atoms with E-state index in [1.54, 1.807) is 0 Å². The van der Waals surface area contributed by atoms with Crippen LogP contribution < -0.4 is 0 Å². The van der Waals surface area contributed by atoms with Gasteiger partial charge in [-0.1, -0.05) is 34.6 Å². The topological polar surface area (TPSA) is 42.6 Å². The van der Waals surface area contributed by atoms with Crippen LogP contribution >= 0.6 is 0 Å². The molecule has 0 bridgehead atoms. The van der Waals surface area contributed by atoms with Gasteiger partial charge in [-0.25, -0.2) is 0 Å². The summed E-state index contributed by atoms with van der Waals surface area (Å²) in [7, 11) is -1.64. The third-order valence-corrected chi connectivity index (χ3v) is 8.98. The fourth-order valence-electron chi connectivity index (χ4n) is 1.81. The van der Waals surface area contributed by atoms with Crippen molar-refractivity contribution in [1.29, 1.82) is 0 Å². The molecule has 4 heteroatoms. The van der Waals surface area contributed by atoms with Gasteiger partial charge in [0.25, 0.3) is 0 Å². The van der Waals surface area contributed by atoms with Gasteiger partial charge in [0.1, 0.15) is 17.6 Å². The standard InChI is InChI=1S/C17H32O3Si/c1-13(2)16(18)15-11-10-14(20-15)9-8-12-19-21(6,7)17(3,4)5/h10-11,13,16,18H,8-9,12H2,1-7H3. The highest BCUT2D eigenvalue weighted by Gasteiger charge is 2.36. The molecule has 0 aliphatic rings. The van der Waals surface area contributed by atoms with Crippen molar-refractivity contribution in [3.05, 3.63) is 23.7 Å². The molecule has 1 aromatic rings. The van der Waals surface area contributed by atoms with Crippen LogP contribution in [0.15, 0.2) is 16.5 Å². The lowest BCUT2D eigenvalue weighted by Crippen LogP contribution is -2.41. The van der Waals surface area contributed by atoms with Gasteiger partial charge < -0.3 is 13.9 Å². The summed E-state index contributed by atoms with van der Waals surface area (Å²) in [6.07, 6.45) is 1.30. The van der Waals surface area contributed by atoms with Gasteiger partial charge in [-0.05, 0) is 42.6 Å². The van der Waals surface area contributed by atoms with Gasteiger partial charge in [0.2, 0.25) is 0 Å². The first-order valence-corrected chi connectivity index (χ1v) is 10.9. The molecule has 0 aromatic carbocycles. The van der Waals surface area contributed by atoms with Crippen LogP contribution in [0, 0.1) is 5.92 Å². The second-order valence-corrected chi connectivity index (χ2v) is 12.5. The number of aryl methyl sites for hydroxylation is 1. The molecule has 0 aliphatic heterocycles. The first-order chi connectivity index (χ1) is 9.54. The Labute approximate surface area is 130 Å². The lowest BCUT2D eigenvalue weighted by atomic mass is 10.1. The molecule has 0 saturated carbocycles. The van der Waals surface area contributed by atoms with Crippen molar-refractivity contribution in [2.45, 2.75) is 71.7 Å². The van der Waals surface area contributed by atoms with Gasteiger partial charge in [0.15, 0.2) is 8.32 Å². The molecule has 1 aromatic heterocycles. The third kappa shape index (κ3) is 5.27. The summed E-state index contributed by atoms with van der Waals surface area (Å²) < 4.78 is 11.9. The molecule has 1 rings (SSSR count). The van der Waals surface area contributed by atoms with E-state index in [2.05, 4.69) is 33.9 Å². The van der Waals surface area contributed by atoms with Crippen molar-refractivity contribution < 1.29 is 13.9 Å². The number of aliphatic hydroxyl groups is 1. The molecule has 0 spiro atoms. The Bertz CT molecular complexity index is 429. The maximum atomic E-state index is 9.97. The SMILES string of the molecule is CC(C)C(O)c1ccc(CCCO[Si](C)(C)C(C)(C)C)o1. The first kappa shape index (κ1) is 18.5. The maximum absolute atomic E-state index is 9.97. The molecule has 21 heavy (non-hydrogen) atoms. The number of furan rings is 1. The smallest absolute Gasteiger partial charge is 0.191 e. The van der Waals surface area contributed by atoms with Gasteiger partial charge >= 0.3 is 0 Å². The third-order valence-electron chi connectivity index (χ3n) is 4.44. The Morgan fingerprint density at radius 2 is 1.86 bits per heavy atom. The van der Waals surface area contributed by atoms with Crippen LogP contribution in [0.1, 0.15) is 58.7 Å². The molecule has 0 saturated heterocycles. The summed E-state index contributed by atoms with van der Waals surface area (Å²) in [5.74, 6) is 1.78. The molecule has 1 atom stereocenters. The first-order valence-electron chi connectivity index (χ1n) is 7.95. The number of hydrogen-bond donors (Lipinski definition) is 1. The van der Waals surface area contributed by atoms with Gasteiger partial charge in [-0.15, -0.1) is 0 Å². The van der Waals surface area contributed by atoms with Crippen molar-refractivity contribution in [2.75, 3.05) is 6.61 Å². The highest BCUT2D eigenvalue weighted by molar-refractivity contribution is 6.74. The Morgan fingerprint density at radius 1 is 1.24 bits per heavy atom. The van der Waals surface area contributed by atoms with Crippen molar-refractivity contribution in [3.8, 4) is 0 Å². The van der Waals surface area contributed by atoms with Crippen molar-refractivity contribution >= 4 is 8.32 Å². The minimum Gasteiger partial charge on any atom is -0.463 e. The average molecular weight is 313 g/mol. The van der Waals surface area contributed by atoms with Crippen LogP contribution in [0.2, 0.25) is 18.1 Å². The van der Waals surface area contributed by atoms with Gasteiger partial charge in [0, 0.05) is 13.0 Å². The molecule has 1 N–H and O–H groups in total. The lowest BCUT2D eigenvalue weighted by molar-refractivity contribution is 0.101. The van der Waals surface area contributed by atoms with Crippen LogP contribution in [0.25, 0.3) is 0 Å². The van der Waals surface area contributed by atoms with Gasteiger partial charge in [-0.2, -0.15) is 0 Å². The molecule has 1 heterocycles. The van der Waals surface area contributed by atoms with E-state index in [0.717, 1.165) is 25.2 Å². The van der Waals surface area contributed by atoms with Crippen LogP contribution in [0.5, 0.6) is 0 Å². The lowest BCUT2D eigenvalue weighted by Gasteiger charge is -2.36. The largest absolute Gasteiger partial charge is 0.463 e. The van der Waals surface area contributed by atoms with E-state index >= 15 is 0 Å². The van der Waals surface area contributed by atoms with Crippen molar-refractivity contribution in [1.82, 2.24) is 0 Å². The summed E-state index contributed by atoms with van der Waals surface area (Å²) in [6.45, 7) is 16.1. The van der Waals surface area contributed by atoms with Gasteiger partial charge in [-0.3, -0.25) is 0 Å². The Morgan fingerprint density at radius 3 is 2.38 bits per heavy atom. The van der Waals surface area contributed by atoms with E-state index < -0.39 is 14.4 Å². The van der Waals surface area contributed by atoms with Crippen molar-refractivity contribution in [3.63, 3.8) is 0 Å². The Balaban J connectivity index is 2.41.